The normalized spacial score (nSPS) is 25.4. The molecule has 2 aromatic rings. The monoisotopic (exact) mass is 329 g/mol. The zero-order valence-corrected chi connectivity index (χ0v) is 13.5. The fourth-order valence-corrected chi connectivity index (χ4v) is 2.59. The van der Waals surface area contributed by atoms with Crippen LogP contribution in [-0.2, 0) is 4.74 Å². The lowest BCUT2D eigenvalue weighted by Crippen LogP contribution is -3.00. The molecule has 0 saturated carbocycles. The summed E-state index contributed by atoms with van der Waals surface area (Å²) in [5.41, 5.74) is 1.39. The van der Waals surface area contributed by atoms with Crippen LogP contribution >= 0.6 is 0 Å². The van der Waals surface area contributed by atoms with Gasteiger partial charge in [-0.25, -0.2) is 9.97 Å². The fraction of sp³-hybridized carbons (Fsp3) is 0.615. The number of nitrogens with zero attached hydrogens (tertiary/aromatic N) is 5. The van der Waals surface area contributed by atoms with Gasteiger partial charge in [0, 0.05) is 6.42 Å². The SMILES string of the molecule is C[N+](C)(C)c1ncnc2c1ncn2C1CC(O)C(CO)O1.[Cl-]. The molecule has 0 amide bonds. The van der Waals surface area contributed by atoms with Crippen molar-refractivity contribution < 1.29 is 27.4 Å². The first kappa shape index (κ1) is 17.0. The van der Waals surface area contributed by atoms with Gasteiger partial charge < -0.3 is 27.4 Å². The second-order valence-corrected chi connectivity index (χ2v) is 6.15. The molecule has 0 radical (unpaired) electrons. The highest BCUT2D eigenvalue weighted by molar-refractivity contribution is 5.81. The molecule has 0 spiro atoms. The summed E-state index contributed by atoms with van der Waals surface area (Å²) in [5, 5.41) is 19.0. The Kier molecular flexibility index (Phi) is 4.69. The molecule has 8 nitrogen and oxygen atoms in total. The van der Waals surface area contributed by atoms with Crippen LogP contribution in [0.4, 0.5) is 5.82 Å². The number of hydrogen-bond donors (Lipinski definition) is 2. The molecule has 1 aliphatic rings. The van der Waals surface area contributed by atoms with Crippen molar-refractivity contribution in [2.45, 2.75) is 24.9 Å². The summed E-state index contributed by atoms with van der Waals surface area (Å²) >= 11 is 0. The molecule has 3 rings (SSSR count). The van der Waals surface area contributed by atoms with Gasteiger partial charge in [-0.3, -0.25) is 9.05 Å². The first-order valence-electron chi connectivity index (χ1n) is 6.85. The topological polar surface area (TPSA) is 93.3 Å². The van der Waals surface area contributed by atoms with Crippen molar-refractivity contribution in [2.75, 3.05) is 27.7 Å². The van der Waals surface area contributed by atoms with E-state index in [2.05, 4.69) is 15.0 Å². The number of hydrogen-bond acceptors (Lipinski definition) is 6. The second-order valence-electron chi connectivity index (χ2n) is 6.15. The predicted molar refractivity (Wildman–Crippen MR) is 76.5 cm³/mol. The van der Waals surface area contributed by atoms with E-state index in [9.17, 15) is 10.2 Å². The molecule has 1 saturated heterocycles. The van der Waals surface area contributed by atoms with Crippen LogP contribution < -0.4 is 16.9 Å². The minimum atomic E-state index is -0.683. The number of ether oxygens (including phenoxy) is 1. The Bertz CT molecular complexity index is 657. The van der Waals surface area contributed by atoms with Crippen LogP contribution in [0.25, 0.3) is 11.2 Å². The number of rotatable bonds is 3. The average Bonchev–Trinajstić information content (AvgIpc) is 3.00. The highest BCUT2D eigenvalue weighted by Gasteiger charge is 2.36. The van der Waals surface area contributed by atoms with Crippen LogP contribution in [0, 0.1) is 0 Å². The molecule has 2 N–H and O–H groups in total. The molecule has 0 aromatic carbocycles. The number of fused-ring (bicyclic) bond motifs is 1. The van der Waals surface area contributed by atoms with Gasteiger partial charge in [0.15, 0.2) is 11.2 Å². The third kappa shape index (κ3) is 2.80. The number of aliphatic hydroxyl groups is 2. The van der Waals surface area contributed by atoms with E-state index in [1.807, 2.05) is 21.1 Å². The number of aliphatic hydroxyl groups excluding tert-OH is 2. The molecule has 3 unspecified atom stereocenters. The van der Waals surface area contributed by atoms with Crippen molar-refractivity contribution in [1.82, 2.24) is 24.0 Å². The molecule has 3 atom stereocenters. The van der Waals surface area contributed by atoms with Gasteiger partial charge >= 0.3 is 0 Å². The summed E-state index contributed by atoms with van der Waals surface area (Å²) in [5.74, 6) is 0.816. The quantitative estimate of drug-likeness (QED) is 0.572. The maximum atomic E-state index is 9.86. The second kappa shape index (κ2) is 6.05. The van der Waals surface area contributed by atoms with Crippen LogP contribution in [0.2, 0.25) is 0 Å². The summed E-state index contributed by atoms with van der Waals surface area (Å²) in [6.45, 7) is -0.205. The van der Waals surface area contributed by atoms with E-state index in [4.69, 9.17) is 4.74 Å². The smallest absolute Gasteiger partial charge is 0.258 e. The van der Waals surface area contributed by atoms with Crippen LogP contribution in [0.3, 0.4) is 0 Å². The van der Waals surface area contributed by atoms with E-state index < -0.39 is 12.2 Å². The minimum Gasteiger partial charge on any atom is -1.00 e. The van der Waals surface area contributed by atoms with Crippen molar-refractivity contribution in [3.63, 3.8) is 0 Å². The van der Waals surface area contributed by atoms with Gasteiger partial charge in [0.25, 0.3) is 5.82 Å². The molecule has 2 aromatic heterocycles. The maximum absolute atomic E-state index is 9.86. The Hall–Kier alpha value is -1.32. The van der Waals surface area contributed by atoms with Crippen molar-refractivity contribution in [3.8, 4) is 0 Å². The van der Waals surface area contributed by atoms with E-state index in [1.165, 1.54) is 6.33 Å². The molecular formula is C13H20ClN5O3. The summed E-state index contributed by atoms with van der Waals surface area (Å²) in [6, 6.07) is 0. The van der Waals surface area contributed by atoms with Crippen molar-refractivity contribution in [1.29, 1.82) is 0 Å². The molecule has 1 aliphatic heterocycles. The average molecular weight is 330 g/mol. The lowest BCUT2D eigenvalue weighted by Gasteiger charge is -2.21. The van der Waals surface area contributed by atoms with Crippen LogP contribution in [-0.4, -0.2) is 69.7 Å². The van der Waals surface area contributed by atoms with Crippen molar-refractivity contribution in [3.05, 3.63) is 12.7 Å². The van der Waals surface area contributed by atoms with Crippen LogP contribution in [0.1, 0.15) is 12.6 Å². The minimum absolute atomic E-state index is 0. The van der Waals surface area contributed by atoms with Gasteiger partial charge in [-0.15, -0.1) is 0 Å². The number of quaternary nitrogens is 1. The Morgan fingerprint density at radius 2 is 2.05 bits per heavy atom. The molecule has 1 fully saturated rings. The van der Waals surface area contributed by atoms with E-state index >= 15 is 0 Å². The predicted octanol–water partition coefficient (Wildman–Crippen LogP) is -3.33. The lowest BCUT2D eigenvalue weighted by molar-refractivity contribution is -0.0432. The fourth-order valence-electron chi connectivity index (χ4n) is 2.59. The standard InChI is InChI=1S/C13H20N5O3.ClH/c1-18(2,3)13-11-12(14-6-15-13)17(7-16-11)10-4-8(20)9(5-19)21-10;/h6-10,19-20H,4-5H2,1-3H3;1H/q+1;/p-1. The Morgan fingerprint density at radius 3 is 2.64 bits per heavy atom. The summed E-state index contributed by atoms with van der Waals surface area (Å²) in [4.78, 5) is 13.0. The van der Waals surface area contributed by atoms with Gasteiger partial charge in [0.2, 0.25) is 0 Å². The highest BCUT2D eigenvalue weighted by atomic mass is 35.5. The Balaban J connectivity index is 0.00000176. The van der Waals surface area contributed by atoms with E-state index in [0.717, 1.165) is 11.3 Å². The molecule has 3 heterocycles. The van der Waals surface area contributed by atoms with Crippen LogP contribution in [0.15, 0.2) is 12.7 Å². The molecular weight excluding hydrogens is 310 g/mol. The number of aromatic nitrogens is 4. The Morgan fingerprint density at radius 1 is 1.32 bits per heavy atom. The van der Waals surface area contributed by atoms with Gasteiger partial charge in [-0.1, -0.05) is 0 Å². The van der Waals surface area contributed by atoms with Gasteiger partial charge in [-0.2, -0.15) is 4.98 Å². The maximum Gasteiger partial charge on any atom is 0.258 e. The van der Waals surface area contributed by atoms with Crippen LogP contribution in [0.5, 0.6) is 0 Å². The third-order valence-electron chi connectivity index (χ3n) is 3.67. The van der Waals surface area contributed by atoms with Crippen molar-refractivity contribution >= 4 is 17.0 Å². The van der Waals surface area contributed by atoms with Gasteiger partial charge in [0.1, 0.15) is 18.7 Å². The summed E-state index contributed by atoms with van der Waals surface area (Å²) in [7, 11) is 6.04. The zero-order valence-electron chi connectivity index (χ0n) is 12.7. The van der Waals surface area contributed by atoms with E-state index in [-0.39, 0.29) is 25.2 Å². The van der Waals surface area contributed by atoms with E-state index in [0.29, 0.717) is 16.6 Å². The number of imidazole rings is 1. The Labute approximate surface area is 134 Å². The lowest BCUT2D eigenvalue weighted by atomic mass is 10.2. The van der Waals surface area contributed by atoms with Gasteiger partial charge in [0.05, 0.1) is 40.2 Å². The molecule has 122 valence electrons. The first-order valence-corrected chi connectivity index (χ1v) is 6.85. The zero-order chi connectivity index (χ0) is 15.2. The highest BCUT2D eigenvalue weighted by Crippen LogP contribution is 2.32. The number of halogens is 1. The summed E-state index contributed by atoms with van der Waals surface area (Å²) in [6.07, 6.45) is 1.94. The van der Waals surface area contributed by atoms with Gasteiger partial charge in [-0.05, 0) is 0 Å². The summed E-state index contributed by atoms with van der Waals surface area (Å²) < 4.78 is 7.98. The molecule has 0 bridgehead atoms. The largest absolute Gasteiger partial charge is 1.00 e. The third-order valence-corrected chi connectivity index (χ3v) is 3.67. The molecule has 22 heavy (non-hydrogen) atoms. The molecule has 9 heteroatoms. The van der Waals surface area contributed by atoms with E-state index in [1.54, 1.807) is 10.9 Å². The van der Waals surface area contributed by atoms with Crippen molar-refractivity contribution in [2.24, 2.45) is 0 Å². The first-order chi connectivity index (χ1) is 9.91. The molecule has 0 aliphatic carbocycles.